The highest BCUT2D eigenvalue weighted by Gasteiger charge is 2.16. The predicted octanol–water partition coefficient (Wildman–Crippen LogP) is 6.71. The highest BCUT2D eigenvalue weighted by atomic mass is 32.1. The average Bonchev–Trinajstić information content (AvgIpc) is 3.44. The van der Waals surface area contributed by atoms with E-state index in [9.17, 15) is 0 Å². The van der Waals surface area contributed by atoms with Crippen LogP contribution in [0.25, 0.3) is 28.2 Å². The molecule has 1 N–H and O–H groups in total. The highest BCUT2D eigenvalue weighted by molar-refractivity contribution is 7.14. The van der Waals surface area contributed by atoms with Crippen molar-refractivity contribution in [3.8, 4) is 28.2 Å². The second-order valence-corrected chi connectivity index (χ2v) is 7.92. The molecule has 0 bridgehead atoms. The van der Waals surface area contributed by atoms with Crippen molar-refractivity contribution in [1.29, 1.82) is 0 Å². The molecule has 0 saturated carbocycles. The fraction of sp³-hybridized carbons (Fsp3) is 0.0400. The fourth-order valence-electron chi connectivity index (χ4n) is 3.30. The van der Waals surface area contributed by atoms with Gasteiger partial charge in [0.1, 0.15) is 5.69 Å². The number of para-hydroxylation sites is 1. The Balaban J connectivity index is 1.54. The van der Waals surface area contributed by atoms with Gasteiger partial charge in [-0.05, 0) is 31.2 Å². The maximum atomic E-state index is 4.89. The van der Waals surface area contributed by atoms with Crippen LogP contribution in [0.1, 0.15) is 5.56 Å². The van der Waals surface area contributed by atoms with E-state index in [1.54, 1.807) is 11.3 Å². The molecular weight excluding hydrogens is 388 g/mol. The van der Waals surface area contributed by atoms with Gasteiger partial charge in [-0.25, -0.2) is 9.67 Å². The summed E-state index contributed by atoms with van der Waals surface area (Å²) in [6, 6.07) is 28.7. The Morgan fingerprint density at radius 1 is 0.833 bits per heavy atom. The largest absolute Gasteiger partial charge is 0.332 e. The van der Waals surface area contributed by atoms with E-state index < -0.39 is 0 Å². The molecule has 0 unspecified atom stereocenters. The molecule has 2 aromatic heterocycles. The predicted molar refractivity (Wildman–Crippen MR) is 125 cm³/mol. The van der Waals surface area contributed by atoms with Crippen molar-refractivity contribution in [3.63, 3.8) is 0 Å². The van der Waals surface area contributed by atoms with E-state index in [-0.39, 0.29) is 0 Å². The molecule has 0 spiro atoms. The van der Waals surface area contributed by atoms with Crippen LogP contribution in [-0.2, 0) is 0 Å². The van der Waals surface area contributed by atoms with E-state index in [1.165, 1.54) is 5.56 Å². The topological polar surface area (TPSA) is 42.7 Å². The third-order valence-electron chi connectivity index (χ3n) is 4.87. The van der Waals surface area contributed by atoms with Gasteiger partial charge < -0.3 is 5.32 Å². The third kappa shape index (κ3) is 3.75. The van der Waals surface area contributed by atoms with Crippen molar-refractivity contribution in [2.75, 3.05) is 5.32 Å². The normalized spacial score (nSPS) is 10.8. The molecule has 0 amide bonds. The van der Waals surface area contributed by atoms with Gasteiger partial charge in [0.15, 0.2) is 5.13 Å². The molecule has 3 aromatic carbocycles. The zero-order valence-electron chi connectivity index (χ0n) is 16.5. The lowest BCUT2D eigenvalue weighted by Gasteiger charge is -2.02. The van der Waals surface area contributed by atoms with Gasteiger partial charge in [-0.3, -0.25) is 0 Å². The van der Waals surface area contributed by atoms with Gasteiger partial charge in [0.2, 0.25) is 0 Å². The molecule has 0 aliphatic rings. The minimum Gasteiger partial charge on any atom is -0.332 e. The van der Waals surface area contributed by atoms with Crippen molar-refractivity contribution in [3.05, 3.63) is 102 Å². The van der Waals surface area contributed by atoms with E-state index in [0.29, 0.717) is 0 Å². The van der Waals surface area contributed by atoms with E-state index in [0.717, 1.165) is 39.0 Å². The molecule has 0 radical (unpaired) electrons. The second-order valence-electron chi connectivity index (χ2n) is 7.07. The molecule has 5 rings (SSSR count). The number of rotatable bonds is 5. The van der Waals surface area contributed by atoms with Crippen molar-refractivity contribution in [1.82, 2.24) is 14.8 Å². The lowest BCUT2D eigenvalue weighted by Crippen LogP contribution is -1.93. The van der Waals surface area contributed by atoms with Crippen LogP contribution in [0.15, 0.2) is 96.5 Å². The molecule has 0 fully saturated rings. The number of nitrogens with zero attached hydrogens (tertiary/aromatic N) is 3. The van der Waals surface area contributed by atoms with Crippen molar-refractivity contribution >= 4 is 22.2 Å². The Morgan fingerprint density at radius 2 is 1.53 bits per heavy atom. The van der Waals surface area contributed by atoms with Crippen LogP contribution >= 0.6 is 11.3 Å². The van der Waals surface area contributed by atoms with Gasteiger partial charge in [0, 0.05) is 28.4 Å². The molecule has 0 aliphatic carbocycles. The Bertz CT molecular complexity index is 1260. The Hall–Kier alpha value is -3.70. The Morgan fingerprint density at radius 3 is 2.27 bits per heavy atom. The average molecular weight is 409 g/mol. The summed E-state index contributed by atoms with van der Waals surface area (Å²) < 4.78 is 1.92. The highest BCUT2D eigenvalue weighted by Crippen LogP contribution is 2.34. The van der Waals surface area contributed by atoms with E-state index in [4.69, 9.17) is 10.1 Å². The van der Waals surface area contributed by atoms with Crippen LogP contribution in [0.2, 0.25) is 0 Å². The number of hydrogen-bond donors (Lipinski definition) is 1. The number of aryl methyl sites for hydroxylation is 1. The summed E-state index contributed by atoms with van der Waals surface area (Å²) >= 11 is 1.59. The van der Waals surface area contributed by atoms with Crippen LogP contribution in [0.3, 0.4) is 0 Å². The van der Waals surface area contributed by atoms with Crippen LogP contribution in [0, 0.1) is 6.92 Å². The second kappa shape index (κ2) is 7.97. The first-order valence-corrected chi connectivity index (χ1v) is 10.6. The summed E-state index contributed by atoms with van der Waals surface area (Å²) in [5, 5.41) is 11.2. The van der Waals surface area contributed by atoms with Crippen molar-refractivity contribution in [2.24, 2.45) is 0 Å². The number of benzene rings is 3. The van der Waals surface area contributed by atoms with Gasteiger partial charge in [-0.1, -0.05) is 66.2 Å². The Kier molecular flexibility index (Phi) is 4.87. The molecule has 0 saturated heterocycles. The first-order chi connectivity index (χ1) is 14.8. The molecular formula is C25H20N4S. The van der Waals surface area contributed by atoms with Gasteiger partial charge in [-0.2, -0.15) is 5.10 Å². The summed E-state index contributed by atoms with van der Waals surface area (Å²) in [6.45, 7) is 2.08. The number of aromatic nitrogens is 3. The summed E-state index contributed by atoms with van der Waals surface area (Å²) in [5.74, 6) is 0. The molecule has 0 aliphatic heterocycles. The summed E-state index contributed by atoms with van der Waals surface area (Å²) in [4.78, 5) is 4.85. The van der Waals surface area contributed by atoms with Crippen LogP contribution in [0.4, 0.5) is 10.8 Å². The molecule has 146 valence electrons. The van der Waals surface area contributed by atoms with Gasteiger partial charge >= 0.3 is 0 Å². The minimum atomic E-state index is 0.861. The fourth-order valence-corrected chi connectivity index (χ4v) is 4.03. The lowest BCUT2D eigenvalue weighted by atomic mass is 10.1. The zero-order valence-corrected chi connectivity index (χ0v) is 17.3. The SMILES string of the molecule is Cc1ccc(Nc2nc(-c3cn(-c4ccccc4)nc3-c3ccccc3)cs2)cc1. The van der Waals surface area contributed by atoms with Crippen LogP contribution in [0.5, 0.6) is 0 Å². The molecule has 4 nitrogen and oxygen atoms in total. The van der Waals surface area contributed by atoms with Crippen LogP contribution < -0.4 is 5.32 Å². The summed E-state index contributed by atoms with van der Waals surface area (Å²) in [5.41, 5.74) is 7.21. The number of anilines is 2. The lowest BCUT2D eigenvalue weighted by molar-refractivity contribution is 0.884. The molecule has 5 heteroatoms. The van der Waals surface area contributed by atoms with Gasteiger partial charge in [-0.15, -0.1) is 11.3 Å². The standard InChI is InChI=1S/C25H20N4S/c1-18-12-14-20(15-13-18)26-25-27-23(17-30-25)22-16-29(21-10-6-3-7-11-21)28-24(22)19-8-4-2-5-9-19/h2-17H,1H3,(H,26,27). The van der Waals surface area contributed by atoms with Gasteiger partial charge in [0.05, 0.1) is 11.4 Å². The molecule has 30 heavy (non-hydrogen) atoms. The first-order valence-electron chi connectivity index (χ1n) is 9.76. The smallest absolute Gasteiger partial charge is 0.187 e. The van der Waals surface area contributed by atoms with E-state index >= 15 is 0 Å². The summed E-state index contributed by atoms with van der Waals surface area (Å²) in [7, 11) is 0. The van der Waals surface area contributed by atoms with Crippen molar-refractivity contribution < 1.29 is 0 Å². The molecule has 2 heterocycles. The minimum absolute atomic E-state index is 0.861. The van der Waals surface area contributed by atoms with Crippen LogP contribution in [-0.4, -0.2) is 14.8 Å². The zero-order chi connectivity index (χ0) is 20.3. The van der Waals surface area contributed by atoms with E-state index in [1.807, 2.05) is 41.1 Å². The molecule has 0 atom stereocenters. The third-order valence-corrected chi connectivity index (χ3v) is 5.62. The van der Waals surface area contributed by atoms with Crippen molar-refractivity contribution in [2.45, 2.75) is 6.92 Å². The first kappa shape index (κ1) is 18.3. The summed E-state index contributed by atoms with van der Waals surface area (Å²) in [6.07, 6.45) is 2.06. The quantitative estimate of drug-likeness (QED) is 0.351. The monoisotopic (exact) mass is 408 g/mol. The number of thiazole rings is 1. The number of hydrogen-bond acceptors (Lipinski definition) is 4. The number of nitrogens with one attached hydrogen (secondary N) is 1. The Labute approximate surface area is 179 Å². The molecule has 5 aromatic rings. The van der Waals surface area contributed by atoms with Gasteiger partial charge in [0.25, 0.3) is 0 Å². The maximum Gasteiger partial charge on any atom is 0.187 e. The van der Waals surface area contributed by atoms with E-state index in [2.05, 4.69) is 72.3 Å². The maximum absolute atomic E-state index is 4.89.